The van der Waals surface area contributed by atoms with E-state index in [0.29, 0.717) is 24.3 Å². The molecule has 2 aliphatic heterocycles. The molecule has 31 heavy (non-hydrogen) atoms. The molecule has 2 aromatic rings. The zero-order chi connectivity index (χ0) is 22.2. The van der Waals surface area contributed by atoms with Crippen LogP contribution in [0.1, 0.15) is 33.6 Å². The monoisotopic (exact) mass is 443 g/mol. The minimum absolute atomic E-state index is 0.183. The highest BCUT2D eigenvalue weighted by Gasteiger charge is 2.32. The molecular weight excluding hydrogens is 422 g/mol. The molecule has 0 spiro atoms. The Kier molecular flexibility index (Phi) is 5.50. The molecule has 9 nitrogen and oxygen atoms in total. The highest BCUT2D eigenvalue weighted by Crippen LogP contribution is 2.27. The van der Waals surface area contributed by atoms with Crippen molar-refractivity contribution in [1.82, 2.24) is 9.62 Å². The van der Waals surface area contributed by atoms with E-state index >= 15 is 0 Å². The van der Waals surface area contributed by atoms with Gasteiger partial charge in [-0.05, 0) is 55.3 Å². The molecule has 162 valence electrons. The molecule has 0 aromatic heterocycles. The van der Waals surface area contributed by atoms with Gasteiger partial charge in [0.15, 0.2) is 0 Å². The molecule has 0 atom stereocenters. The van der Waals surface area contributed by atoms with Gasteiger partial charge in [0, 0.05) is 24.7 Å². The lowest BCUT2D eigenvalue weighted by Gasteiger charge is -2.30. The molecule has 0 aliphatic carbocycles. The van der Waals surface area contributed by atoms with E-state index in [9.17, 15) is 22.8 Å². The van der Waals surface area contributed by atoms with E-state index in [1.165, 1.54) is 35.7 Å². The van der Waals surface area contributed by atoms with Gasteiger partial charge in [-0.1, -0.05) is 0 Å². The van der Waals surface area contributed by atoms with Crippen molar-refractivity contribution in [3.63, 3.8) is 0 Å². The SMILES string of the molecule is COc1ccc(S(=O)(=O)N2CCC(C(=O)Nc3ccc4c(c3)C(=O)NC4=O)CC2)cc1. The summed E-state index contributed by atoms with van der Waals surface area (Å²) in [5, 5.41) is 4.97. The summed E-state index contributed by atoms with van der Waals surface area (Å²) < 4.78 is 32.1. The third-order valence-electron chi connectivity index (χ3n) is 5.53. The normalized spacial score (nSPS) is 17.2. The number of benzene rings is 2. The molecule has 2 N–H and O–H groups in total. The zero-order valence-corrected chi connectivity index (χ0v) is 17.6. The number of imide groups is 1. The quantitative estimate of drug-likeness (QED) is 0.677. The number of nitrogens with one attached hydrogen (secondary N) is 2. The minimum atomic E-state index is -3.64. The fourth-order valence-corrected chi connectivity index (χ4v) is 5.21. The van der Waals surface area contributed by atoms with Gasteiger partial charge < -0.3 is 10.1 Å². The lowest BCUT2D eigenvalue weighted by Crippen LogP contribution is -2.41. The van der Waals surface area contributed by atoms with Crippen molar-refractivity contribution in [2.45, 2.75) is 17.7 Å². The fraction of sp³-hybridized carbons (Fsp3) is 0.286. The molecule has 0 unspecified atom stereocenters. The first-order valence-corrected chi connectivity index (χ1v) is 11.2. The minimum Gasteiger partial charge on any atom is -0.497 e. The number of ether oxygens (including phenoxy) is 1. The summed E-state index contributed by atoms with van der Waals surface area (Å²) in [6, 6.07) is 10.7. The van der Waals surface area contributed by atoms with E-state index < -0.39 is 21.8 Å². The third kappa shape index (κ3) is 4.04. The highest BCUT2D eigenvalue weighted by atomic mass is 32.2. The van der Waals surface area contributed by atoms with E-state index in [1.54, 1.807) is 18.2 Å². The first-order valence-electron chi connectivity index (χ1n) is 9.74. The number of anilines is 1. The second-order valence-electron chi connectivity index (χ2n) is 7.39. The van der Waals surface area contributed by atoms with Crippen LogP contribution in [0.3, 0.4) is 0 Å². The van der Waals surface area contributed by atoms with Crippen LogP contribution in [0.5, 0.6) is 5.75 Å². The lowest BCUT2D eigenvalue weighted by atomic mass is 9.97. The number of fused-ring (bicyclic) bond motifs is 1. The van der Waals surface area contributed by atoms with Crippen LogP contribution >= 0.6 is 0 Å². The smallest absolute Gasteiger partial charge is 0.259 e. The summed E-state index contributed by atoms with van der Waals surface area (Å²) in [6.07, 6.45) is 0.760. The summed E-state index contributed by atoms with van der Waals surface area (Å²) in [6.45, 7) is 0.459. The number of piperidine rings is 1. The lowest BCUT2D eigenvalue weighted by molar-refractivity contribution is -0.120. The van der Waals surface area contributed by atoms with Gasteiger partial charge in [0.25, 0.3) is 11.8 Å². The number of hydrogen-bond acceptors (Lipinski definition) is 6. The van der Waals surface area contributed by atoms with Gasteiger partial charge in [-0.15, -0.1) is 0 Å². The van der Waals surface area contributed by atoms with Crippen molar-refractivity contribution in [2.24, 2.45) is 5.92 Å². The molecule has 2 aliphatic rings. The number of hydrogen-bond donors (Lipinski definition) is 2. The number of rotatable bonds is 5. The molecule has 1 fully saturated rings. The van der Waals surface area contributed by atoms with Crippen molar-refractivity contribution in [3.05, 3.63) is 53.6 Å². The van der Waals surface area contributed by atoms with Crippen molar-refractivity contribution in [1.29, 1.82) is 0 Å². The maximum atomic E-state index is 12.8. The van der Waals surface area contributed by atoms with Crippen LogP contribution in [-0.2, 0) is 14.8 Å². The average molecular weight is 443 g/mol. The van der Waals surface area contributed by atoms with Crippen LogP contribution in [0.25, 0.3) is 0 Å². The number of carbonyl (C=O) groups is 3. The summed E-state index contributed by atoms with van der Waals surface area (Å²) in [5.41, 5.74) is 0.921. The zero-order valence-electron chi connectivity index (χ0n) is 16.8. The van der Waals surface area contributed by atoms with E-state index in [-0.39, 0.29) is 40.9 Å². The molecular formula is C21H21N3O6S. The number of carbonyl (C=O) groups excluding carboxylic acids is 3. The van der Waals surface area contributed by atoms with Gasteiger partial charge in [0.1, 0.15) is 5.75 Å². The number of sulfonamides is 1. The van der Waals surface area contributed by atoms with Crippen LogP contribution in [0, 0.1) is 5.92 Å². The van der Waals surface area contributed by atoms with E-state index in [4.69, 9.17) is 4.74 Å². The van der Waals surface area contributed by atoms with Gasteiger partial charge in [0.05, 0.1) is 23.1 Å². The van der Waals surface area contributed by atoms with Gasteiger partial charge >= 0.3 is 0 Å². The van der Waals surface area contributed by atoms with Crippen molar-refractivity contribution in [3.8, 4) is 5.75 Å². The van der Waals surface area contributed by atoms with Gasteiger partial charge in [0.2, 0.25) is 15.9 Å². The Morgan fingerprint density at radius 2 is 1.68 bits per heavy atom. The summed E-state index contributed by atoms with van der Waals surface area (Å²) in [7, 11) is -2.13. The fourth-order valence-electron chi connectivity index (χ4n) is 3.75. The topological polar surface area (TPSA) is 122 Å². The predicted molar refractivity (Wildman–Crippen MR) is 111 cm³/mol. The maximum absolute atomic E-state index is 12.8. The molecule has 2 aromatic carbocycles. The van der Waals surface area contributed by atoms with E-state index in [2.05, 4.69) is 10.6 Å². The molecule has 10 heteroatoms. The molecule has 2 heterocycles. The van der Waals surface area contributed by atoms with Crippen LogP contribution in [0.4, 0.5) is 5.69 Å². The summed E-state index contributed by atoms with van der Waals surface area (Å²) >= 11 is 0. The number of methoxy groups -OCH3 is 1. The van der Waals surface area contributed by atoms with E-state index in [1.807, 2.05) is 0 Å². The van der Waals surface area contributed by atoms with Crippen LogP contribution in [-0.4, -0.2) is 50.6 Å². The number of nitrogens with zero attached hydrogens (tertiary/aromatic N) is 1. The predicted octanol–water partition coefficient (Wildman–Crippen LogP) is 1.62. The van der Waals surface area contributed by atoms with Crippen molar-refractivity contribution in [2.75, 3.05) is 25.5 Å². The molecule has 0 bridgehead atoms. The van der Waals surface area contributed by atoms with Crippen molar-refractivity contribution < 1.29 is 27.5 Å². The Hall–Kier alpha value is -3.24. The third-order valence-corrected chi connectivity index (χ3v) is 7.44. The first-order chi connectivity index (χ1) is 14.8. The highest BCUT2D eigenvalue weighted by molar-refractivity contribution is 7.89. The Labute approximate surface area is 179 Å². The van der Waals surface area contributed by atoms with Crippen molar-refractivity contribution >= 4 is 33.4 Å². The Morgan fingerprint density at radius 1 is 1.03 bits per heavy atom. The first kappa shape index (κ1) is 21.0. The molecule has 0 radical (unpaired) electrons. The summed E-state index contributed by atoms with van der Waals surface area (Å²) in [4.78, 5) is 36.2. The molecule has 0 saturated carbocycles. The van der Waals surface area contributed by atoms with Crippen LogP contribution in [0.15, 0.2) is 47.4 Å². The summed E-state index contributed by atoms with van der Waals surface area (Å²) in [5.74, 6) is -0.976. The van der Waals surface area contributed by atoms with Crippen LogP contribution < -0.4 is 15.4 Å². The van der Waals surface area contributed by atoms with Gasteiger partial charge in [-0.3, -0.25) is 19.7 Å². The van der Waals surface area contributed by atoms with Gasteiger partial charge in [-0.25, -0.2) is 8.42 Å². The molecule has 4 rings (SSSR count). The largest absolute Gasteiger partial charge is 0.497 e. The Balaban J connectivity index is 1.38. The Morgan fingerprint density at radius 3 is 2.32 bits per heavy atom. The second kappa shape index (κ2) is 8.12. The Bertz CT molecular complexity index is 1150. The molecule has 3 amide bonds. The average Bonchev–Trinajstić information content (AvgIpc) is 3.06. The maximum Gasteiger partial charge on any atom is 0.259 e. The number of amides is 3. The standard InChI is InChI=1S/C21H21N3O6S/c1-30-15-3-5-16(6-4-15)31(28,29)24-10-8-13(9-11-24)19(25)22-14-2-7-17-18(12-14)21(27)23-20(17)26/h2-7,12-13H,8-11H2,1H3,(H,22,25)(H,23,26,27). The van der Waals surface area contributed by atoms with E-state index in [0.717, 1.165) is 0 Å². The molecule has 1 saturated heterocycles. The van der Waals surface area contributed by atoms with Crippen LogP contribution in [0.2, 0.25) is 0 Å². The van der Waals surface area contributed by atoms with Gasteiger partial charge in [-0.2, -0.15) is 4.31 Å². The second-order valence-corrected chi connectivity index (χ2v) is 9.32.